The van der Waals surface area contributed by atoms with E-state index in [4.69, 9.17) is 4.42 Å². The van der Waals surface area contributed by atoms with Crippen molar-refractivity contribution < 1.29 is 9.21 Å². The van der Waals surface area contributed by atoms with Crippen LogP contribution in [-0.4, -0.2) is 5.78 Å². The predicted molar refractivity (Wildman–Crippen MR) is 113 cm³/mol. The first-order valence-electron chi connectivity index (χ1n) is 9.57. The molecule has 0 spiro atoms. The lowest BCUT2D eigenvalue weighted by atomic mass is 9.95. The molecule has 0 bridgehead atoms. The van der Waals surface area contributed by atoms with Crippen molar-refractivity contribution in [1.29, 1.82) is 0 Å². The minimum Gasteiger partial charge on any atom is -0.455 e. The summed E-state index contributed by atoms with van der Waals surface area (Å²) in [5.74, 6) is 0.195. The Morgan fingerprint density at radius 1 is 0.852 bits per heavy atom. The van der Waals surface area contributed by atoms with Crippen LogP contribution in [0.5, 0.6) is 0 Å². The van der Waals surface area contributed by atoms with Crippen LogP contribution in [0.4, 0.5) is 0 Å². The van der Waals surface area contributed by atoms with Gasteiger partial charge < -0.3 is 4.42 Å². The van der Waals surface area contributed by atoms with Gasteiger partial charge in [-0.15, -0.1) is 0 Å². The molecule has 0 amide bonds. The molecule has 2 nitrogen and oxygen atoms in total. The smallest absolute Gasteiger partial charge is 0.163 e. The zero-order valence-corrected chi connectivity index (χ0v) is 15.3. The molecule has 0 fully saturated rings. The first-order chi connectivity index (χ1) is 13.3. The van der Waals surface area contributed by atoms with E-state index in [0.29, 0.717) is 6.42 Å². The Morgan fingerprint density at radius 2 is 1.59 bits per heavy atom. The van der Waals surface area contributed by atoms with E-state index in [1.807, 2.05) is 36.4 Å². The molecular weight excluding hydrogens is 332 g/mol. The molecule has 4 aromatic carbocycles. The van der Waals surface area contributed by atoms with Crippen LogP contribution in [0.3, 0.4) is 0 Å². The standard InChI is InChI=1S/C25H20O2/c1-2-3-12-22(26)21-15-23-24(19-11-7-6-10-18(19)21)20-14-13-16-8-4-5-9-17(16)25(20)27-23/h4-11,13-15H,2-3,12H2,1H3. The van der Waals surface area contributed by atoms with E-state index in [1.165, 1.54) is 0 Å². The van der Waals surface area contributed by atoms with Crippen molar-refractivity contribution in [3.05, 3.63) is 72.3 Å². The number of rotatable bonds is 4. The van der Waals surface area contributed by atoms with Gasteiger partial charge in [-0.25, -0.2) is 0 Å². The third-order valence-corrected chi connectivity index (χ3v) is 5.43. The first-order valence-corrected chi connectivity index (χ1v) is 9.57. The van der Waals surface area contributed by atoms with E-state index in [0.717, 1.165) is 61.9 Å². The topological polar surface area (TPSA) is 30.2 Å². The number of hydrogen-bond acceptors (Lipinski definition) is 2. The van der Waals surface area contributed by atoms with E-state index in [1.54, 1.807) is 0 Å². The third-order valence-electron chi connectivity index (χ3n) is 5.43. The van der Waals surface area contributed by atoms with E-state index < -0.39 is 0 Å². The van der Waals surface area contributed by atoms with Crippen molar-refractivity contribution in [3.63, 3.8) is 0 Å². The monoisotopic (exact) mass is 352 g/mol. The summed E-state index contributed by atoms with van der Waals surface area (Å²) in [5.41, 5.74) is 2.46. The van der Waals surface area contributed by atoms with Gasteiger partial charge in [0.2, 0.25) is 0 Å². The number of hydrogen-bond donors (Lipinski definition) is 0. The van der Waals surface area contributed by atoms with Crippen LogP contribution >= 0.6 is 0 Å². The second-order valence-electron chi connectivity index (χ2n) is 7.14. The Labute approximate surface area is 157 Å². The zero-order valence-electron chi connectivity index (χ0n) is 15.3. The summed E-state index contributed by atoms with van der Waals surface area (Å²) >= 11 is 0. The third kappa shape index (κ3) is 2.44. The van der Waals surface area contributed by atoms with Gasteiger partial charge in [-0.1, -0.05) is 67.9 Å². The maximum Gasteiger partial charge on any atom is 0.163 e. The van der Waals surface area contributed by atoms with Crippen molar-refractivity contribution >= 4 is 49.3 Å². The fourth-order valence-corrected chi connectivity index (χ4v) is 4.07. The maximum absolute atomic E-state index is 12.8. The van der Waals surface area contributed by atoms with Gasteiger partial charge in [0.05, 0.1) is 0 Å². The summed E-state index contributed by atoms with van der Waals surface area (Å²) in [6.07, 6.45) is 2.51. The molecule has 5 rings (SSSR count). The Balaban J connectivity index is 1.90. The van der Waals surface area contributed by atoms with Crippen molar-refractivity contribution in [2.45, 2.75) is 26.2 Å². The average Bonchev–Trinajstić information content (AvgIpc) is 3.10. The Kier molecular flexibility index (Phi) is 3.71. The number of unbranched alkanes of at least 4 members (excludes halogenated alkanes) is 1. The molecule has 0 radical (unpaired) electrons. The van der Waals surface area contributed by atoms with E-state index in [9.17, 15) is 4.79 Å². The molecule has 0 unspecified atom stereocenters. The van der Waals surface area contributed by atoms with Crippen molar-refractivity contribution in [2.75, 3.05) is 0 Å². The summed E-state index contributed by atoms with van der Waals surface area (Å²) in [5, 5.41) is 6.57. The van der Waals surface area contributed by atoms with Crippen molar-refractivity contribution in [3.8, 4) is 0 Å². The van der Waals surface area contributed by atoms with Crippen LogP contribution in [0.2, 0.25) is 0 Å². The Morgan fingerprint density at radius 3 is 2.41 bits per heavy atom. The SMILES string of the molecule is CCCCC(=O)c1cc2oc3c4ccccc4ccc3c2c2ccccc12. The van der Waals surface area contributed by atoms with E-state index in [2.05, 4.69) is 37.3 Å². The molecular formula is C25H20O2. The highest BCUT2D eigenvalue weighted by atomic mass is 16.3. The normalized spacial score (nSPS) is 11.7. The molecule has 27 heavy (non-hydrogen) atoms. The summed E-state index contributed by atoms with van der Waals surface area (Å²) < 4.78 is 6.32. The maximum atomic E-state index is 12.8. The number of furan rings is 1. The van der Waals surface area contributed by atoms with Crippen LogP contribution < -0.4 is 0 Å². The molecule has 0 saturated carbocycles. The van der Waals surface area contributed by atoms with Crippen molar-refractivity contribution in [2.24, 2.45) is 0 Å². The average molecular weight is 352 g/mol. The lowest BCUT2D eigenvalue weighted by molar-refractivity contribution is 0.0981. The number of Topliss-reactive ketones (excluding diaryl/α,β-unsaturated/α-hetero) is 1. The second kappa shape index (κ2) is 6.24. The largest absolute Gasteiger partial charge is 0.455 e. The van der Waals surface area contributed by atoms with Gasteiger partial charge in [-0.05, 0) is 34.7 Å². The lowest BCUT2D eigenvalue weighted by Crippen LogP contribution is -2.00. The summed E-state index contributed by atoms with van der Waals surface area (Å²) in [6, 6.07) is 22.7. The molecule has 0 saturated heterocycles. The predicted octanol–water partition coefficient (Wildman–Crippen LogP) is 7.27. The van der Waals surface area contributed by atoms with Gasteiger partial charge in [0.15, 0.2) is 5.78 Å². The minimum absolute atomic E-state index is 0.195. The molecule has 2 heteroatoms. The fraction of sp³-hybridized carbons (Fsp3) is 0.160. The molecule has 0 N–H and O–H groups in total. The van der Waals surface area contributed by atoms with Gasteiger partial charge in [-0.3, -0.25) is 4.79 Å². The molecule has 0 aliphatic carbocycles. The number of carbonyl (C=O) groups excluding carboxylic acids is 1. The quantitative estimate of drug-likeness (QED) is 0.318. The highest BCUT2D eigenvalue weighted by Crippen LogP contribution is 2.39. The molecule has 0 aliphatic rings. The minimum atomic E-state index is 0.195. The van der Waals surface area contributed by atoms with Crippen LogP contribution in [0.15, 0.2) is 71.1 Å². The molecule has 5 aromatic rings. The van der Waals surface area contributed by atoms with Crippen LogP contribution in [0, 0.1) is 0 Å². The van der Waals surface area contributed by atoms with Gasteiger partial charge in [-0.2, -0.15) is 0 Å². The van der Waals surface area contributed by atoms with Crippen LogP contribution in [-0.2, 0) is 0 Å². The highest BCUT2D eigenvalue weighted by molar-refractivity contribution is 6.26. The number of fused-ring (bicyclic) bond motifs is 7. The molecule has 132 valence electrons. The van der Waals surface area contributed by atoms with Crippen molar-refractivity contribution in [1.82, 2.24) is 0 Å². The number of carbonyl (C=O) groups is 1. The summed E-state index contributed by atoms with van der Waals surface area (Å²) in [7, 11) is 0. The summed E-state index contributed by atoms with van der Waals surface area (Å²) in [6.45, 7) is 2.11. The van der Waals surface area contributed by atoms with Gasteiger partial charge in [0.1, 0.15) is 11.2 Å². The fourth-order valence-electron chi connectivity index (χ4n) is 4.07. The van der Waals surface area contributed by atoms with Crippen LogP contribution in [0.25, 0.3) is 43.5 Å². The first kappa shape index (κ1) is 16.1. The van der Waals surface area contributed by atoms with Crippen LogP contribution in [0.1, 0.15) is 36.5 Å². The van der Waals surface area contributed by atoms with Gasteiger partial charge >= 0.3 is 0 Å². The molecule has 1 heterocycles. The van der Waals surface area contributed by atoms with E-state index in [-0.39, 0.29) is 5.78 Å². The van der Waals surface area contributed by atoms with Gasteiger partial charge in [0, 0.05) is 28.1 Å². The van der Waals surface area contributed by atoms with Gasteiger partial charge in [0.25, 0.3) is 0 Å². The second-order valence-corrected chi connectivity index (χ2v) is 7.14. The molecule has 0 aliphatic heterocycles. The lowest BCUT2D eigenvalue weighted by Gasteiger charge is -2.07. The van der Waals surface area contributed by atoms with E-state index >= 15 is 0 Å². The Hall–Kier alpha value is -3.13. The molecule has 1 aromatic heterocycles. The molecule has 0 atom stereocenters. The number of benzene rings is 4. The Bertz CT molecular complexity index is 1320. The highest BCUT2D eigenvalue weighted by Gasteiger charge is 2.18. The summed E-state index contributed by atoms with van der Waals surface area (Å²) in [4.78, 5) is 12.8. The zero-order chi connectivity index (χ0) is 18.4. The number of ketones is 1.